The minimum atomic E-state index is -0.0236. The summed E-state index contributed by atoms with van der Waals surface area (Å²) < 4.78 is 23.1. The highest BCUT2D eigenvalue weighted by Gasteiger charge is 2.22. The normalized spacial score (nSPS) is 10.7. The Hall–Kier alpha value is -4.37. The molecule has 198 valence electrons. The maximum absolute atomic E-state index is 13.7. The number of amides is 1. The van der Waals surface area contributed by atoms with Gasteiger partial charge in [-0.25, -0.2) is 4.68 Å². The molecular formula is C29H32N4O5. The van der Waals surface area contributed by atoms with E-state index in [4.69, 9.17) is 18.9 Å². The molecule has 4 rings (SSSR count). The Morgan fingerprint density at radius 3 is 2.32 bits per heavy atom. The van der Waals surface area contributed by atoms with Crippen molar-refractivity contribution in [3.8, 4) is 28.5 Å². The maximum Gasteiger partial charge on any atom is 0.227 e. The second-order valence-corrected chi connectivity index (χ2v) is 8.67. The Balaban J connectivity index is 1.65. The van der Waals surface area contributed by atoms with Crippen LogP contribution in [0.4, 0.5) is 0 Å². The van der Waals surface area contributed by atoms with Crippen LogP contribution in [-0.4, -0.2) is 53.9 Å². The summed E-state index contributed by atoms with van der Waals surface area (Å²) in [7, 11) is 6.62. The molecule has 0 radical (unpaired) electrons. The lowest BCUT2D eigenvalue weighted by Crippen LogP contribution is -2.32. The third-order valence-electron chi connectivity index (χ3n) is 6.16. The van der Waals surface area contributed by atoms with E-state index in [0.29, 0.717) is 36.0 Å². The Morgan fingerprint density at radius 2 is 1.63 bits per heavy atom. The van der Waals surface area contributed by atoms with E-state index in [9.17, 15) is 4.79 Å². The molecular weight excluding hydrogens is 484 g/mol. The quantitative estimate of drug-likeness (QED) is 0.260. The van der Waals surface area contributed by atoms with Gasteiger partial charge in [0, 0.05) is 37.9 Å². The van der Waals surface area contributed by atoms with Crippen molar-refractivity contribution in [2.45, 2.75) is 19.5 Å². The summed E-state index contributed by atoms with van der Waals surface area (Å²) in [5.41, 5.74) is 4.19. The van der Waals surface area contributed by atoms with Crippen molar-refractivity contribution in [1.29, 1.82) is 0 Å². The largest absolute Gasteiger partial charge is 0.497 e. The highest BCUT2D eigenvalue weighted by molar-refractivity contribution is 5.79. The first-order chi connectivity index (χ1) is 18.5. The number of hydrogen-bond acceptors (Lipinski definition) is 7. The number of methoxy groups -OCH3 is 3. The lowest BCUT2D eigenvalue weighted by atomic mass is 10.1. The number of ether oxygens (including phenoxy) is 4. The van der Waals surface area contributed by atoms with Gasteiger partial charge in [0.2, 0.25) is 5.91 Å². The van der Waals surface area contributed by atoms with Gasteiger partial charge in [-0.05, 0) is 42.0 Å². The molecule has 38 heavy (non-hydrogen) atoms. The van der Waals surface area contributed by atoms with E-state index < -0.39 is 0 Å². The zero-order valence-corrected chi connectivity index (χ0v) is 22.1. The van der Waals surface area contributed by atoms with Gasteiger partial charge < -0.3 is 23.8 Å². The molecule has 0 saturated carbocycles. The molecule has 3 aromatic carbocycles. The molecule has 1 amide bonds. The predicted molar refractivity (Wildman–Crippen MR) is 143 cm³/mol. The Bertz CT molecular complexity index is 1340. The van der Waals surface area contributed by atoms with Gasteiger partial charge in [0.25, 0.3) is 0 Å². The first-order valence-corrected chi connectivity index (χ1v) is 12.2. The average Bonchev–Trinajstić information content (AvgIpc) is 3.32. The molecule has 9 heteroatoms. The van der Waals surface area contributed by atoms with Crippen molar-refractivity contribution in [3.63, 3.8) is 0 Å². The van der Waals surface area contributed by atoms with Crippen molar-refractivity contribution in [2.24, 2.45) is 7.05 Å². The van der Waals surface area contributed by atoms with Gasteiger partial charge in [-0.3, -0.25) is 4.79 Å². The fraction of sp³-hybridized carbons (Fsp3) is 0.276. The highest BCUT2D eigenvalue weighted by atomic mass is 16.7. The van der Waals surface area contributed by atoms with Crippen molar-refractivity contribution in [1.82, 2.24) is 19.9 Å². The Kier molecular flexibility index (Phi) is 8.94. The zero-order chi connectivity index (χ0) is 26.9. The lowest BCUT2D eigenvalue weighted by Gasteiger charge is -2.24. The van der Waals surface area contributed by atoms with Crippen LogP contribution in [0, 0.1) is 0 Å². The Morgan fingerprint density at radius 1 is 0.895 bits per heavy atom. The molecule has 0 fully saturated rings. The summed E-state index contributed by atoms with van der Waals surface area (Å²) in [5, 5.41) is 8.67. The summed E-state index contributed by atoms with van der Waals surface area (Å²) in [6, 6.07) is 22.9. The van der Waals surface area contributed by atoms with Crippen LogP contribution in [0.3, 0.4) is 0 Å². The minimum absolute atomic E-state index is 0.0236. The number of rotatable bonds is 12. The topological polar surface area (TPSA) is 87.9 Å². The molecule has 1 heterocycles. The number of benzene rings is 3. The fourth-order valence-corrected chi connectivity index (χ4v) is 4.10. The third-order valence-corrected chi connectivity index (χ3v) is 6.16. The van der Waals surface area contributed by atoms with Crippen LogP contribution in [0.1, 0.15) is 16.8 Å². The molecule has 0 aliphatic heterocycles. The van der Waals surface area contributed by atoms with Crippen LogP contribution < -0.4 is 14.2 Å². The molecule has 0 atom stereocenters. The zero-order valence-electron chi connectivity index (χ0n) is 22.1. The summed E-state index contributed by atoms with van der Waals surface area (Å²) >= 11 is 0. The number of carbonyl (C=O) groups excluding carboxylic acids is 1. The van der Waals surface area contributed by atoms with Crippen molar-refractivity contribution < 1.29 is 23.7 Å². The van der Waals surface area contributed by atoms with Crippen LogP contribution in [0.5, 0.6) is 17.2 Å². The van der Waals surface area contributed by atoms with Crippen LogP contribution in [0.15, 0.2) is 72.8 Å². The van der Waals surface area contributed by atoms with Crippen molar-refractivity contribution in [3.05, 3.63) is 89.6 Å². The van der Waals surface area contributed by atoms with Gasteiger partial charge in [-0.15, -0.1) is 5.10 Å². The highest BCUT2D eigenvalue weighted by Crippen LogP contribution is 2.29. The maximum atomic E-state index is 13.7. The summed E-state index contributed by atoms with van der Waals surface area (Å²) in [6.07, 6.45) is 0.269. The van der Waals surface area contributed by atoms with E-state index in [2.05, 4.69) is 10.3 Å². The minimum Gasteiger partial charge on any atom is -0.497 e. The van der Waals surface area contributed by atoms with Gasteiger partial charge >= 0.3 is 0 Å². The SMILES string of the molecule is COCOc1ccc(-c2nnn(C)c2CN(Cc2ccc(OC)cc2OC)C(=O)Cc2ccccc2)cc1. The number of carbonyl (C=O) groups is 1. The predicted octanol–water partition coefficient (Wildman–Crippen LogP) is 4.25. The number of aromatic nitrogens is 3. The molecule has 0 aliphatic rings. The molecule has 1 aromatic heterocycles. The molecule has 9 nitrogen and oxygen atoms in total. The van der Waals surface area contributed by atoms with Crippen LogP contribution in [0.2, 0.25) is 0 Å². The number of aryl methyl sites for hydroxylation is 1. The van der Waals surface area contributed by atoms with Crippen LogP contribution in [0.25, 0.3) is 11.3 Å². The monoisotopic (exact) mass is 516 g/mol. The van der Waals surface area contributed by atoms with E-state index >= 15 is 0 Å². The number of hydrogen-bond donors (Lipinski definition) is 0. The van der Waals surface area contributed by atoms with E-state index in [-0.39, 0.29) is 19.1 Å². The standard InChI is InChI=1S/C29H32N4O5/c1-32-26(29(30-31-32)22-10-13-24(14-11-22)38-20-35-2)19-33(28(34)16-21-8-6-5-7-9-21)18-23-12-15-25(36-3)17-27(23)37-4/h5-15,17H,16,18-20H2,1-4H3. The molecule has 0 unspecified atom stereocenters. The smallest absolute Gasteiger partial charge is 0.227 e. The van der Waals surface area contributed by atoms with Gasteiger partial charge in [-0.2, -0.15) is 0 Å². The summed E-state index contributed by atoms with van der Waals surface area (Å²) in [4.78, 5) is 15.5. The van der Waals surface area contributed by atoms with Gasteiger partial charge in [0.15, 0.2) is 6.79 Å². The molecule has 0 aliphatic carbocycles. The summed E-state index contributed by atoms with van der Waals surface area (Å²) in [6.45, 7) is 0.817. The first kappa shape index (κ1) is 26.7. The molecule has 4 aromatic rings. The van der Waals surface area contributed by atoms with E-state index in [1.807, 2.05) is 79.8 Å². The average molecular weight is 517 g/mol. The van der Waals surface area contributed by atoms with Gasteiger partial charge in [0.1, 0.15) is 22.9 Å². The molecule has 0 N–H and O–H groups in total. The van der Waals surface area contributed by atoms with E-state index in [0.717, 1.165) is 22.4 Å². The second-order valence-electron chi connectivity index (χ2n) is 8.67. The summed E-state index contributed by atoms with van der Waals surface area (Å²) in [5.74, 6) is 2.00. The Labute approximate surface area is 222 Å². The van der Waals surface area contributed by atoms with Gasteiger partial charge in [-0.1, -0.05) is 35.5 Å². The molecule has 0 bridgehead atoms. The fourth-order valence-electron chi connectivity index (χ4n) is 4.10. The van der Waals surface area contributed by atoms with Crippen molar-refractivity contribution >= 4 is 5.91 Å². The second kappa shape index (κ2) is 12.7. The van der Waals surface area contributed by atoms with Crippen molar-refractivity contribution in [2.75, 3.05) is 28.1 Å². The first-order valence-electron chi connectivity index (χ1n) is 12.2. The lowest BCUT2D eigenvalue weighted by molar-refractivity contribution is -0.131. The van der Waals surface area contributed by atoms with E-state index in [1.54, 1.807) is 30.9 Å². The third kappa shape index (κ3) is 6.49. The van der Waals surface area contributed by atoms with Crippen LogP contribution in [-0.2, 0) is 36.1 Å². The number of nitrogens with zero attached hydrogens (tertiary/aromatic N) is 4. The van der Waals surface area contributed by atoms with E-state index in [1.165, 1.54) is 0 Å². The molecule has 0 saturated heterocycles. The molecule has 0 spiro atoms. The van der Waals surface area contributed by atoms with Crippen LogP contribution >= 0.6 is 0 Å². The van der Waals surface area contributed by atoms with Gasteiger partial charge in [0.05, 0.1) is 32.9 Å².